The first-order valence-electron chi connectivity index (χ1n) is 7.56. The smallest absolute Gasteiger partial charge is 0.214 e. The maximum absolute atomic E-state index is 6.17. The molecule has 1 aromatic heterocycles. The van der Waals surface area contributed by atoms with Gasteiger partial charge in [-0.05, 0) is 49.0 Å². The van der Waals surface area contributed by atoms with Crippen molar-refractivity contribution in [2.24, 2.45) is 0 Å². The number of hydrogen-bond acceptors (Lipinski definition) is 4. The number of aromatic amines is 1. The first kappa shape index (κ1) is 17.8. The van der Waals surface area contributed by atoms with E-state index in [2.05, 4.69) is 15.6 Å². The van der Waals surface area contributed by atoms with E-state index in [0.29, 0.717) is 28.0 Å². The monoisotopic (exact) mass is 394 g/mol. The summed E-state index contributed by atoms with van der Waals surface area (Å²) in [4.78, 5) is 0. The van der Waals surface area contributed by atoms with Crippen LogP contribution in [0, 0.1) is 11.7 Å². The molecule has 130 valence electrons. The van der Waals surface area contributed by atoms with Gasteiger partial charge in [-0.3, -0.25) is 5.10 Å². The van der Waals surface area contributed by atoms with Crippen molar-refractivity contribution in [1.29, 1.82) is 0 Å². The minimum absolute atomic E-state index is 0.374. The van der Waals surface area contributed by atoms with Crippen LogP contribution in [0.25, 0.3) is 0 Å². The molecule has 3 rings (SSSR count). The van der Waals surface area contributed by atoms with Gasteiger partial charge in [0, 0.05) is 15.6 Å². The molecule has 0 saturated carbocycles. The maximum Gasteiger partial charge on any atom is 0.214 e. The first-order chi connectivity index (χ1) is 12.0. The molecule has 0 spiro atoms. The summed E-state index contributed by atoms with van der Waals surface area (Å²) in [7, 11) is 0. The fourth-order valence-corrected chi connectivity index (χ4v) is 2.98. The van der Waals surface area contributed by atoms with Crippen molar-refractivity contribution >= 4 is 35.4 Å². The molecular formula is C17H16Cl2N4OS. The summed E-state index contributed by atoms with van der Waals surface area (Å²) in [6, 6.07) is 13.2. The number of halogens is 2. The molecule has 3 aromatic rings. The second-order valence-electron chi connectivity index (χ2n) is 5.42. The van der Waals surface area contributed by atoms with Crippen LogP contribution in [0.2, 0.25) is 10.0 Å². The molecule has 0 unspecified atom stereocenters. The molecule has 1 heterocycles. The summed E-state index contributed by atoms with van der Waals surface area (Å²) in [5.41, 5.74) is 5.16. The highest BCUT2D eigenvalue weighted by Crippen LogP contribution is 2.23. The van der Waals surface area contributed by atoms with Gasteiger partial charge in [-0.15, -0.1) is 0 Å². The van der Waals surface area contributed by atoms with Crippen LogP contribution in [0.5, 0.6) is 5.75 Å². The summed E-state index contributed by atoms with van der Waals surface area (Å²) >= 11 is 17.2. The lowest BCUT2D eigenvalue weighted by atomic mass is 10.2. The highest BCUT2D eigenvalue weighted by atomic mass is 35.5. The number of aromatic nitrogens is 3. The summed E-state index contributed by atoms with van der Waals surface area (Å²) in [6.07, 6.45) is 0. The molecular weight excluding hydrogens is 379 g/mol. The standard InChI is InChI=1S/C17H16Cl2N4OS/c1-11-21-22-17(25)23(11)20-9-12-3-2-4-15(7-12)24-10-13-5-6-14(18)8-16(13)19/h2-8,20H,9-10H2,1H3,(H,22,25). The number of aryl methyl sites for hydroxylation is 1. The molecule has 0 saturated heterocycles. The quantitative estimate of drug-likeness (QED) is 0.585. The molecule has 0 atom stereocenters. The Bertz CT molecular complexity index is 938. The Morgan fingerprint density at radius 1 is 1.24 bits per heavy atom. The number of rotatable bonds is 6. The molecule has 0 amide bonds. The normalized spacial score (nSPS) is 10.7. The predicted octanol–water partition coefficient (Wildman–Crippen LogP) is 4.88. The van der Waals surface area contributed by atoms with E-state index in [4.69, 9.17) is 40.2 Å². The fourth-order valence-electron chi connectivity index (χ4n) is 2.28. The summed E-state index contributed by atoms with van der Waals surface area (Å²) in [5.74, 6) is 1.53. The zero-order chi connectivity index (χ0) is 17.8. The van der Waals surface area contributed by atoms with Gasteiger partial charge >= 0.3 is 0 Å². The topological polar surface area (TPSA) is 54.9 Å². The number of ether oxygens (including phenoxy) is 1. The van der Waals surface area contributed by atoms with Gasteiger partial charge in [-0.25, -0.2) is 4.68 Å². The average Bonchev–Trinajstić information content (AvgIpc) is 2.91. The van der Waals surface area contributed by atoms with Crippen molar-refractivity contribution in [3.8, 4) is 5.75 Å². The molecule has 0 radical (unpaired) electrons. The van der Waals surface area contributed by atoms with E-state index in [1.807, 2.05) is 37.3 Å². The van der Waals surface area contributed by atoms with Crippen molar-refractivity contribution in [3.05, 3.63) is 74.2 Å². The summed E-state index contributed by atoms with van der Waals surface area (Å²) in [5, 5.41) is 8.00. The molecule has 25 heavy (non-hydrogen) atoms. The third-order valence-corrected chi connectivity index (χ3v) is 4.45. The van der Waals surface area contributed by atoms with E-state index in [-0.39, 0.29) is 0 Å². The van der Waals surface area contributed by atoms with Crippen LogP contribution in [-0.4, -0.2) is 14.9 Å². The average molecular weight is 395 g/mol. The van der Waals surface area contributed by atoms with Crippen molar-refractivity contribution in [3.63, 3.8) is 0 Å². The Hall–Kier alpha value is -2.02. The number of nitrogens with zero attached hydrogens (tertiary/aromatic N) is 2. The van der Waals surface area contributed by atoms with Gasteiger partial charge in [0.15, 0.2) is 0 Å². The summed E-state index contributed by atoms with van der Waals surface area (Å²) < 4.78 is 8.10. The molecule has 2 aromatic carbocycles. The van der Waals surface area contributed by atoms with E-state index >= 15 is 0 Å². The van der Waals surface area contributed by atoms with Crippen LogP contribution in [0.4, 0.5) is 0 Å². The van der Waals surface area contributed by atoms with Gasteiger partial charge in [0.1, 0.15) is 18.2 Å². The van der Waals surface area contributed by atoms with Crippen LogP contribution in [0.3, 0.4) is 0 Å². The minimum Gasteiger partial charge on any atom is -0.489 e. The maximum atomic E-state index is 6.17. The van der Waals surface area contributed by atoms with E-state index in [1.54, 1.807) is 16.8 Å². The number of H-pyrrole nitrogens is 1. The zero-order valence-electron chi connectivity index (χ0n) is 13.4. The molecule has 0 aliphatic heterocycles. The lowest BCUT2D eigenvalue weighted by Crippen LogP contribution is -2.16. The predicted molar refractivity (Wildman–Crippen MR) is 102 cm³/mol. The largest absolute Gasteiger partial charge is 0.489 e. The third kappa shape index (κ3) is 4.54. The molecule has 8 heteroatoms. The Morgan fingerprint density at radius 3 is 2.80 bits per heavy atom. The van der Waals surface area contributed by atoms with Crippen LogP contribution >= 0.6 is 35.4 Å². The SMILES string of the molecule is Cc1n[nH]c(=S)n1NCc1cccc(OCc2ccc(Cl)cc2Cl)c1. The van der Waals surface area contributed by atoms with Crippen molar-refractivity contribution < 1.29 is 4.74 Å². The molecule has 0 bridgehead atoms. The van der Waals surface area contributed by atoms with Crippen molar-refractivity contribution in [2.45, 2.75) is 20.1 Å². The molecule has 0 aliphatic carbocycles. The van der Waals surface area contributed by atoms with Crippen molar-refractivity contribution in [1.82, 2.24) is 14.9 Å². The Balaban J connectivity index is 1.64. The van der Waals surface area contributed by atoms with Gasteiger partial charge in [0.25, 0.3) is 0 Å². The number of nitrogens with one attached hydrogen (secondary N) is 2. The minimum atomic E-state index is 0.374. The second-order valence-corrected chi connectivity index (χ2v) is 6.65. The number of hydrogen-bond donors (Lipinski definition) is 2. The Labute approximate surface area is 160 Å². The van der Waals surface area contributed by atoms with Gasteiger partial charge in [0.2, 0.25) is 4.77 Å². The first-order valence-corrected chi connectivity index (χ1v) is 8.73. The van der Waals surface area contributed by atoms with E-state index in [9.17, 15) is 0 Å². The van der Waals surface area contributed by atoms with Crippen LogP contribution < -0.4 is 10.2 Å². The lowest BCUT2D eigenvalue weighted by Gasteiger charge is -2.11. The highest BCUT2D eigenvalue weighted by molar-refractivity contribution is 7.71. The van der Waals surface area contributed by atoms with Crippen molar-refractivity contribution in [2.75, 3.05) is 5.43 Å². The molecule has 5 nitrogen and oxygen atoms in total. The van der Waals surface area contributed by atoms with Crippen LogP contribution in [0.1, 0.15) is 17.0 Å². The van der Waals surface area contributed by atoms with Gasteiger partial charge in [0.05, 0.1) is 6.54 Å². The van der Waals surface area contributed by atoms with E-state index < -0.39 is 0 Å². The van der Waals surface area contributed by atoms with E-state index in [1.165, 1.54) is 0 Å². The van der Waals surface area contributed by atoms with Gasteiger partial charge < -0.3 is 10.2 Å². The number of benzene rings is 2. The molecule has 2 N–H and O–H groups in total. The second kappa shape index (κ2) is 7.91. The van der Waals surface area contributed by atoms with Gasteiger partial charge in [-0.1, -0.05) is 41.4 Å². The zero-order valence-corrected chi connectivity index (χ0v) is 15.8. The Kier molecular flexibility index (Phi) is 5.63. The molecule has 0 aliphatic rings. The van der Waals surface area contributed by atoms with Gasteiger partial charge in [-0.2, -0.15) is 5.10 Å². The van der Waals surface area contributed by atoms with Crippen LogP contribution in [-0.2, 0) is 13.2 Å². The summed E-state index contributed by atoms with van der Waals surface area (Å²) in [6.45, 7) is 2.83. The van der Waals surface area contributed by atoms with Crippen LogP contribution in [0.15, 0.2) is 42.5 Å². The van der Waals surface area contributed by atoms with E-state index in [0.717, 1.165) is 22.7 Å². The lowest BCUT2D eigenvalue weighted by molar-refractivity contribution is 0.306. The third-order valence-electron chi connectivity index (χ3n) is 3.59. The highest BCUT2D eigenvalue weighted by Gasteiger charge is 2.04. The fraction of sp³-hybridized carbons (Fsp3) is 0.176. The Morgan fingerprint density at radius 2 is 2.08 bits per heavy atom. The molecule has 0 fully saturated rings.